The molecule has 1 amide bonds. The monoisotopic (exact) mass is 406 g/mol. The first-order valence-corrected chi connectivity index (χ1v) is 9.43. The summed E-state index contributed by atoms with van der Waals surface area (Å²) in [7, 11) is 0. The number of nitrogens with zero attached hydrogens (tertiary/aromatic N) is 5. The molecule has 0 atom stereocenters. The molecule has 146 valence electrons. The van der Waals surface area contributed by atoms with E-state index in [4.69, 9.17) is 11.6 Å². The van der Waals surface area contributed by atoms with E-state index in [9.17, 15) is 4.79 Å². The van der Waals surface area contributed by atoms with Crippen LogP contribution >= 0.6 is 11.6 Å². The summed E-state index contributed by atoms with van der Waals surface area (Å²) in [5.41, 5.74) is 4.83. The number of aromatic nitrogens is 5. The van der Waals surface area contributed by atoms with Crippen LogP contribution < -0.4 is 5.32 Å². The van der Waals surface area contributed by atoms with Gasteiger partial charge >= 0.3 is 0 Å². The van der Waals surface area contributed by atoms with Crippen molar-refractivity contribution in [2.24, 2.45) is 0 Å². The molecule has 0 radical (unpaired) electrons. The number of carbonyl (C=O) groups excluding carboxylic acids is 1. The molecule has 2 aromatic carbocycles. The number of carbonyl (C=O) groups is 1. The lowest BCUT2D eigenvalue weighted by Gasteiger charge is -2.11. The van der Waals surface area contributed by atoms with Gasteiger partial charge in [0.1, 0.15) is 0 Å². The van der Waals surface area contributed by atoms with E-state index in [1.54, 1.807) is 4.68 Å². The molecule has 4 aromatic rings. The summed E-state index contributed by atoms with van der Waals surface area (Å²) in [5.74, 6) is 0.490. The molecule has 2 heterocycles. The molecule has 0 saturated heterocycles. The third kappa shape index (κ3) is 3.64. The van der Waals surface area contributed by atoms with Crippen LogP contribution in [0.25, 0.3) is 11.4 Å². The number of amides is 1. The van der Waals surface area contributed by atoms with Crippen molar-refractivity contribution >= 4 is 23.2 Å². The molecular formula is C21H19ClN6O. The number of halogens is 1. The minimum absolute atomic E-state index is 0.177. The van der Waals surface area contributed by atoms with E-state index >= 15 is 0 Å². The minimum Gasteiger partial charge on any atom is -0.322 e. The van der Waals surface area contributed by atoms with Crippen molar-refractivity contribution in [1.29, 1.82) is 0 Å². The second-order valence-electron chi connectivity index (χ2n) is 6.74. The second kappa shape index (κ2) is 7.52. The molecule has 0 aliphatic heterocycles. The van der Waals surface area contributed by atoms with Gasteiger partial charge in [-0.3, -0.25) is 4.79 Å². The van der Waals surface area contributed by atoms with Gasteiger partial charge in [0.25, 0.3) is 5.91 Å². The van der Waals surface area contributed by atoms with Crippen LogP contribution in [-0.2, 0) is 0 Å². The van der Waals surface area contributed by atoms with Crippen molar-refractivity contribution in [2.75, 3.05) is 5.32 Å². The summed E-state index contributed by atoms with van der Waals surface area (Å²) in [6.45, 7) is 5.72. The molecule has 0 spiro atoms. The third-order valence-corrected chi connectivity index (χ3v) is 4.99. The van der Waals surface area contributed by atoms with Crippen molar-refractivity contribution in [1.82, 2.24) is 24.8 Å². The fourth-order valence-corrected chi connectivity index (χ4v) is 3.49. The largest absolute Gasteiger partial charge is 0.322 e. The van der Waals surface area contributed by atoms with Crippen molar-refractivity contribution in [2.45, 2.75) is 20.8 Å². The Balaban J connectivity index is 1.62. The van der Waals surface area contributed by atoms with Crippen LogP contribution in [0.3, 0.4) is 0 Å². The number of hydrogen-bond donors (Lipinski definition) is 1. The number of tetrazole rings is 1. The molecule has 0 unspecified atom stereocenters. The zero-order valence-electron chi connectivity index (χ0n) is 16.2. The first-order valence-electron chi connectivity index (χ1n) is 9.05. The molecule has 8 heteroatoms. The van der Waals surface area contributed by atoms with Crippen molar-refractivity contribution in [3.8, 4) is 11.4 Å². The zero-order valence-corrected chi connectivity index (χ0v) is 17.0. The summed E-state index contributed by atoms with van der Waals surface area (Å²) in [6, 6.07) is 16.8. The van der Waals surface area contributed by atoms with Gasteiger partial charge in [0.05, 0.1) is 11.3 Å². The molecule has 4 rings (SSSR count). The van der Waals surface area contributed by atoms with Crippen molar-refractivity contribution in [3.63, 3.8) is 0 Å². The van der Waals surface area contributed by atoms with E-state index < -0.39 is 0 Å². The number of hydrogen-bond acceptors (Lipinski definition) is 4. The van der Waals surface area contributed by atoms with Crippen LogP contribution in [0.5, 0.6) is 0 Å². The van der Waals surface area contributed by atoms with Crippen molar-refractivity contribution < 1.29 is 4.79 Å². The van der Waals surface area contributed by atoms with Gasteiger partial charge in [-0.15, -0.1) is 5.10 Å². The fourth-order valence-electron chi connectivity index (χ4n) is 3.36. The topological polar surface area (TPSA) is 77.6 Å². The van der Waals surface area contributed by atoms with Crippen LogP contribution in [0.2, 0.25) is 5.02 Å². The Morgan fingerprint density at radius 1 is 1.00 bits per heavy atom. The summed E-state index contributed by atoms with van der Waals surface area (Å²) >= 11 is 6.00. The Labute approximate surface area is 172 Å². The van der Waals surface area contributed by atoms with Gasteiger partial charge in [-0.2, -0.15) is 4.68 Å². The van der Waals surface area contributed by atoms with Gasteiger partial charge in [0.15, 0.2) is 5.82 Å². The highest BCUT2D eigenvalue weighted by Crippen LogP contribution is 2.23. The first-order chi connectivity index (χ1) is 13.9. The summed E-state index contributed by atoms with van der Waals surface area (Å²) in [4.78, 5) is 13.0. The van der Waals surface area contributed by atoms with E-state index in [0.29, 0.717) is 22.1 Å². The average molecular weight is 407 g/mol. The molecular weight excluding hydrogens is 388 g/mol. The smallest absolute Gasteiger partial charge is 0.257 e. The summed E-state index contributed by atoms with van der Waals surface area (Å²) in [5, 5.41) is 15.2. The second-order valence-corrected chi connectivity index (χ2v) is 7.18. The van der Waals surface area contributed by atoms with E-state index in [0.717, 1.165) is 22.8 Å². The Bertz CT molecular complexity index is 1190. The summed E-state index contributed by atoms with van der Waals surface area (Å²) in [6.07, 6.45) is 0. The van der Waals surface area contributed by atoms with Gasteiger partial charge in [0.2, 0.25) is 0 Å². The average Bonchev–Trinajstić information content (AvgIpc) is 3.26. The number of benzene rings is 2. The first kappa shape index (κ1) is 18.9. The molecule has 0 saturated carbocycles. The highest BCUT2D eigenvalue weighted by molar-refractivity contribution is 6.30. The Kier molecular flexibility index (Phi) is 4.90. The fraction of sp³-hybridized carbons (Fsp3) is 0.143. The minimum atomic E-state index is -0.177. The van der Waals surface area contributed by atoms with Crippen molar-refractivity contribution in [3.05, 3.63) is 82.4 Å². The highest BCUT2D eigenvalue weighted by atomic mass is 35.5. The molecule has 0 aliphatic carbocycles. The maximum absolute atomic E-state index is 13.0. The standard InChI is InChI=1S/C21H19ClN6O/c1-13-11-20(14(2)27(13)18-9-7-16(22)8-10-18)21(29)23-17-5-4-6-19(12-17)28-15(3)24-25-26-28/h4-12H,1-3H3,(H,23,29). The number of nitrogens with one attached hydrogen (secondary N) is 1. The van der Waals surface area contributed by atoms with Crippen LogP contribution in [0.4, 0.5) is 5.69 Å². The normalized spacial score (nSPS) is 10.9. The van der Waals surface area contributed by atoms with Gasteiger partial charge in [-0.05, 0) is 79.7 Å². The molecule has 0 aliphatic rings. The Morgan fingerprint density at radius 2 is 1.76 bits per heavy atom. The third-order valence-electron chi connectivity index (χ3n) is 4.73. The summed E-state index contributed by atoms with van der Waals surface area (Å²) < 4.78 is 3.65. The van der Waals surface area contributed by atoms with Gasteiger partial charge in [-0.25, -0.2) is 0 Å². The van der Waals surface area contributed by atoms with Crippen LogP contribution in [0.1, 0.15) is 27.6 Å². The number of anilines is 1. The maximum Gasteiger partial charge on any atom is 0.257 e. The van der Waals surface area contributed by atoms with Gasteiger partial charge in [-0.1, -0.05) is 17.7 Å². The molecule has 2 aromatic heterocycles. The van der Waals surface area contributed by atoms with E-state index in [1.807, 2.05) is 79.9 Å². The molecule has 0 bridgehead atoms. The molecule has 1 N–H and O–H groups in total. The Morgan fingerprint density at radius 3 is 2.45 bits per heavy atom. The SMILES string of the molecule is Cc1nnnn1-c1cccc(NC(=O)c2cc(C)n(-c3ccc(Cl)cc3)c2C)c1. The lowest BCUT2D eigenvalue weighted by molar-refractivity contribution is 0.102. The molecule has 7 nitrogen and oxygen atoms in total. The van der Waals surface area contributed by atoms with E-state index in [2.05, 4.69) is 20.8 Å². The number of rotatable bonds is 4. The zero-order chi connectivity index (χ0) is 20.5. The maximum atomic E-state index is 13.0. The van der Waals surface area contributed by atoms with Crippen LogP contribution in [0.15, 0.2) is 54.6 Å². The predicted octanol–water partition coefficient (Wildman–Crippen LogP) is 4.28. The van der Waals surface area contributed by atoms with Gasteiger partial charge in [0, 0.05) is 27.8 Å². The molecule has 0 fully saturated rings. The lowest BCUT2D eigenvalue weighted by Crippen LogP contribution is -2.13. The van der Waals surface area contributed by atoms with E-state index in [1.165, 1.54) is 0 Å². The lowest BCUT2D eigenvalue weighted by atomic mass is 10.2. The van der Waals surface area contributed by atoms with Crippen LogP contribution in [0, 0.1) is 20.8 Å². The number of aryl methyl sites for hydroxylation is 2. The van der Waals surface area contributed by atoms with E-state index in [-0.39, 0.29) is 5.91 Å². The predicted molar refractivity (Wildman–Crippen MR) is 112 cm³/mol. The molecule has 29 heavy (non-hydrogen) atoms. The Hall–Kier alpha value is -3.45. The quantitative estimate of drug-likeness (QED) is 0.548. The van der Waals surface area contributed by atoms with Gasteiger partial charge < -0.3 is 9.88 Å². The highest BCUT2D eigenvalue weighted by Gasteiger charge is 2.17. The van der Waals surface area contributed by atoms with Crippen LogP contribution in [-0.4, -0.2) is 30.7 Å².